The maximum Gasteiger partial charge on any atom is 0.259 e. The SMILES string of the molecule is COc1cc(OC)c(/C=N\NC(=O)CNc2cccc(Cl)c2C)cc1Br. The molecule has 0 aliphatic rings. The number of nitrogens with zero attached hydrogens (tertiary/aromatic N) is 1. The second kappa shape index (κ2) is 9.45. The maximum atomic E-state index is 11.9. The van der Waals surface area contributed by atoms with Gasteiger partial charge in [-0.15, -0.1) is 0 Å². The van der Waals surface area contributed by atoms with Gasteiger partial charge in [0.15, 0.2) is 0 Å². The average molecular weight is 441 g/mol. The smallest absolute Gasteiger partial charge is 0.259 e. The predicted molar refractivity (Wildman–Crippen MR) is 108 cm³/mol. The van der Waals surface area contributed by atoms with Crippen molar-refractivity contribution in [3.8, 4) is 11.5 Å². The third-order valence-corrected chi connectivity index (χ3v) is 4.63. The molecule has 0 atom stereocenters. The highest BCUT2D eigenvalue weighted by atomic mass is 79.9. The summed E-state index contributed by atoms with van der Waals surface area (Å²) in [5.41, 5.74) is 4.85. The van der Waals surface area contributed by atoms with Gasteiger partial charge in [-0.3, -0.25) is 4.79 Å². The van der Waals surface area contributed by atoms with E-state index >= 15 is 0 Å². The summed E-state index contributed by atoms with van der Waals surface area (Å²) < 4.78 is 11.3. The fourth-order valence-electron chi connectivity index (χ4n) is 2.17. The van der Waals surface area contributed by atoms with E-state index in [2.05, 4.69) is 31.8 Å². The van der Waals surface area contributed by atoms with Crippen LogP contribution in [-0.2, 0) is 4.79 Å². The molecule has 2 aromatic rings. The van der Waals surface area contributed by atoms with Crippen LogP contribution in [0.3, 0.4) is 0 Å². The summed E-state index contributed by atoms with van der Waals surface area (Å²) in [5.74, 6) is 0.937. The van der Waals surface area contributed by atoms with Crippen molar-refractivity contribution in [3.05, 3.63) is 51.0 Å². The molecule has 0 aliphatic carbocycles. The summed E-state index contributed by atoms with van der Waals surface area (Å²) in [4.78, 5) is 11.9. The highest BCUT2D eigenvalue weighted by Crippen LogP contribution is 2.31. The Bertz CT molecular complexity index is 828. The van der Waals surface area contributed by atoms with Gasteiger partial charge in [-0.2, -0.15) is 5.10 Å². The van der Waals surface area contributed by atoms with Crippen LogP contribution < -0.4 is 20.2 Å². The fraction of sp³-hybridized carbons (Fsp3) is 0.222. The molecule has 2 rings (SSSR count). The minimum atomic E-state index is -0.285. The summed E-state index contributed by atoms with van der Waals surface area (Å²) in [6, 6.07) is 9.00. The summed E-state index contributed by atoms with van der Waals surface area (Å²) in [6.07, 6.45) is 1.51. The third-order valence-electron chi connectivity index (χ3n) is 3.60. The molecule has 26 heavy (non-hydrogen) atoms. The maximum absolute atomic E-state index is 11.9. The van der Waals surface area contributed by atoms with Crippen molar-refractivity contribution >= 4 is 45.3 Å². The van der Waals surface area contributed by atoms with Crippen molar-refractivity contribution in [3.63, 3.8) is 0 Å². The number of carbonyl (C=O) groups excluding carboxylic acids is 1. The molecule has 0 saturated heterocycles. The van der Waals surface area contributed by atoms with Crippen molar-refractivity contribution < 1.29 is 14.3 Å². The molecule has 2 aromatic carbocycles. The van der Waals surface area contributed by atoms with Gasteiger partial charge in [0.2, 0.25) is 0 Å². The lowest BCUT2D eigenvalue weighted by Crippen LogP contribution is -2.26. The summed E-state index contributed by atoms with van der Waals surface area (Å²) in [7, 11) is 3.12. The van der Waals surface area contributed by atoms with Crippen molar-refractivity contribution in [2.75, 3.05) is 26.1 Å². The van der Waals surface area contributed by atoms with Crippen LogP contribution in [0.1, 0.15) is 11.1 Å². The average Bonchev–Trinajstić information content (AvgIpc) is 2.63. The molecule has 2 N–H and O–H groups in total. The van der Waals surface area contributed by atoms with Gasteiger partial charge in [-0.25, -0.2) is 5.43 Å². The molecule has 0 radical (unpaired) electrons. The molecule has 0 saturated carbocycles. The van der Waals surface area contributed by atoms with Crippen LogP contribution in [0, 0.1) is 6.92 Å². The molecule has 0 unspecified atom stereocenters. The molecule has 6 nitrogen and oxygen atoms in total. The molecule has 0 fully saturated rings. The van der Waals surface area contributed by atoms with Crippen LogP contribution in [0.2, 0.25) is 5.02 Å². The van der Waals surface area contributed by atoms with E-state index in [0.29, 0.717) is 22.1 Å². The lowest BCUT2D eigenvalue weighted by Gasteiger charge is -2.10. The normalized spacial score (nSPS) is 10.7. The molecular weight excluding hydrogens is 422 g/mol. The quantitative estimate of drug-likeness (QED) is 0.504. The Morgan fingerprint density at radius 2 is 2.00 bits per heavy atom. The number of carbonyl (C=O) groups is 1. The van der Waals surface area contributed by atoms with Crippen LogP contribution in [0.4, 0.5) is 5.69 Å². The number of amides is 1. The van der Waals surface area contributed by atoms with Gasteiger partial charge >= 0.3 is 0 Å². The Morgan fingerprint density at radius 1 is 1.27 bits per heavy atom. The Morgan fingerprint density at radius 3 is 2.69 bits per heavy atom. The topological polar surface area (TPSA) is 72.0 Å². The van der Waals surface area contributed by atoms with Gasteiger partial charge in [0.05, 0.1) is 31.5 Å². The van der Waals surface area contributed by atoms with Gasteiger partial charge in [-0.05, 0) is 46.6 Å². The lowest BCUT2D eigenvalue weighted by molar-refractivity contribution is -0.119. The minimum Gasteiger partial charge on any atom is -0.496 e. The molecule has 138 valence electrons. The second-order valence-electron chi connectivity index (χ2n) is 5.29. The van der Waals surface area contributed by atoms with E-state index in [9.17, 15) is 4.79 Å². The highest BCUT2D eigenvalue weighted by molar-refractivity contribution is 9.10. The number of nitrogens with one attached hydrogen (secondary N) is 2. The second-order valence-corrected chi connectivity index (χ2v) is 6.55. The Balaban J connectivity index is 1.96. The highest BCUT2D eigenvalue weighted by Gasteiger charge is 2.08. The summed E-state index contributed by atoms with van der Waals surface area (Å²) in [6.45, 7) is 1.95. The third kappa shape index (κ3) is 5.12. The first kappa shape index (κ1) is 20.1. The molecule has 0 spiro atoms. The van der Waals surface area contributed by atoms with E-state index in [1.807, 2.05) is 19.1 Å². The van der Waals surface area contributed by atoms with E-state index in [1.54, 1.807) is 32.4 Å². The van der Waals surface area contributed by atoms with Crippen LogP contribution in [-0.4, -0.2) is 32.9 Å². The number of anilines is 1. The van der Waals surface area contributed by atoms with Gasteiger partial charge in [0.25, 0.3) is 5.91 Å². The van der Waals surface area contributed by atoms with Gasteiger partial charge in [0.1, 0.15) is 11.5 Å². The Kier molecular flexibility index (Phi) is 7.29. The van der Waals surface area contributed by atoms with Crippen molar-refractivity contribution in [2.24, 2.45) is 5.10 Å². The number of methoxy groups -OCH3 is 2. The largest absolute Gasteiger partial charge is 0.496 e. The zero-order valence-corrected chi connectivity index (χ0v) is 16.9. The van der Waals surface area contributed by atoms with E-state index in [1.165, 1.54) is 6.21 Å². The first-order valence-corrected chi connectivity index (χ1v) is 8.85. The monoisotopic (exact) mass is 439 g/mol. The van der Waals surface area contributed by atoms with E-state index in [-0.39, 0.29) is 12.5 Å². The molecule has 0 aliphatic heterocycles. The molecule has 8 heteroatoms. The number of ether oxygens (including phenoxy) is 2. The molecule has 0 heterocycles. The Labute approximate surface area is 165 Å². The predicted octanol–water partition coefficient (Wildman–Crippen LogP) is 3.99. The van der Waals surface area contributed by atoms with Crippen LogP contribution in [0.25, 0.3) is 0 Å². The number of hydrogen-bond donors (Lipinski definition) is 2. The number of halogens is 2. The fourth-order valence-corrected chi connectivity index (χ4v) is 2.87. The zero-order valence-electron chi connectivity index (χ0n) is 14.6. The molecule has 0 aromatic heterocycles. The number of rotatable bonds is 7. The zero-order chi connectivity index (χ0) is 19.1. The van der Waals surface area contributed by atoms with Gasteiger partial charge in [-0.1, -0.05) is 17.7 Å². The summed E-state index contributed by atoms with van der Waals surface area (Å²) >= 11 is 9.46. The van der Waals surface area contributed by atoms with Crippen molar-refractivity contribution in [1.82, 2.24) is 5.43 Å². The van der Waals surface area contributed by atoms with E-state index in [0.717, 1.165) is 15.7 Å². The summed E-state index contributed by atoms with van der Waals surface area (Å²) in [5, 5.41) is 7.64. The number of benzene rings is 2. The number of hydrazone groups is 1. The van der Waals surface area contributed by atoms with Crippen LogP contribution in [0.5, 0.6) is 11.5 Å². The lowest BCUT2D eigenvalue weighted by atomic mass is 10.2. The van der Waals surface area contributed by atoms with Gasteiger partial charge in [0, 0.05) is 22.3 Å². The first-order valence-electron chi connectivity index (χ1n) is 7.68. The number of hydrogen-bond acceptors (Lipinski definition) is 5. The minimum absolute atomic E-state index is 0.0714. The van der Waals surface area contributed by atoms with Gasteiger partial charge < -0.3 is 14.8 Å². The van der Waals surface area contributed by atoms with Crippen LogP contribution >= 0.6 is 27.5 Å². The van der Waals surface area contributed by atoms with Crippen molar-refractivity contribution in [2.45, 2.75) is 6.92 Å². The molecule has 1 amide bonds. The van der Waals surface area contributed by atoms with Crippen LogP contribution in [0.15, 0.2) is 39.9 Å². The standard InChI is InChI=1S/C18H19BrClN3O3/c1-11-14(20)5-4-6-15(11)21-10-18(24)23-22-9-12-7-13(19)17(26-3)8-16(12)25-2/h4-9,21H,10H2,1-3H3,(H,23,24)/b22-9-. The molecular formula is C18H19BrClN3O3. The first-order chi connectivity index (χ1) is 12.5. The van der Waals surface area contributed by atoms with E-state index < -0.39 is 0 Å². The Hall–Kier alpha value is -2.25. The molecule has 0 bridgehead atoms. The van der Waals surface area contributed by atoms with Crippen molar-refractivity contribution in [1.29, 1.82) is 0 Å². The van der Waals surface area contributed by atoms with E-state index in [4.69, 9.17) is 21.1 Å².